The molecule has 0 atom stereocenters. The lowest BCUT2D eigenvalue weighted by atomic mass is 9.97. The first-order chi connectivity index (χ1) is 10.3. The summed E-state index contributed by atoms with van der Waals surface area (Å²) in [7, 11) is 0. The van der Waals surface area contributed by atoms with Crippen LogP contribution >= 0.6 is 11.6 Å². The Bertz CT molecular complexity index is 489. The molecule has 1 aromatic rings. The molecule has 0 bridgehead atoms. The second-order valence-electron chi connectivity index (χ2n) is 5.83. The minimum atomic E-state index is 0.269. The number of fused-ring (bicyclic) bond motifs is 1. The molecule has 2 aliphatic heterocycles. The molecule has 116 valence electrons. The molecule has 5 heteroatoms. The molecular formula is C16H23ClN2O2. The number of nitrogens with zero attached hydrogens (tertiary/aromatic N) is 1. The Labute approximate surface area is 131 Å². The van der Waals surface area contributed by atoms with Gasteiger partial charge in [-0.05, 0) is 56.1 Å². The highest BCUT2D eigenvalue weighted by Gasteiger charge is 2.20. The first-order valence-electron chi connectivity index (χ1n) is 7.77. The summed E-state index contributed by atoms with van der Waals surface area (Å²) in [6.45, 7) is 7.91. The molecule has 0 spiro atoms. The van der Waals surface area contributed by atoms with Gasteiger partial charge in [0, 0.05) is 13.1 Å². The van der Waals surface area contributed by atoms with Crippen molar-refractivity contribution in [2.45, 2.75) is 26.3 Å². The van der Waals surface area contributed by atoms with Crippen molar-refractivity contribution in [1.29, 1.82) is 0 Å². The van der Waals surface area contributed by atoms with Crippen molar-refractivity contribution in [3.63, 3.8) is 0 Å². The maximum Gasteiger partial charge on any atom is 0.231 e. The highest BCUT2D eigenvalue weighted by Crippen LogP contribution is 2.40. The largest absolute Gasteiger partial charge is 0.454 e. The van der Waals surface area contributed by atoms with Crippen LogP contribution in [0, 0.1) is 5.92 Å². The van der Waals surface area contributed by atoms with Gasteiger partial charge in [-0.1, -0.05) is 18.5 Å². The minimum absolute atomic E-state index is 0.269. The van der Waals surface area contributed by atoms with Crippen LogP contribution in [0.5, 0.6) is 11.5 Å². The molecule has 0 saturated carbocycles. The lowest BCUT2D eigenvalue weighted by molar-refractivity contribution is 0.174. The van der Waals surface area contributed by atoms with E-state index in [1.54, 1.807) is 0 Å². The predicted molar refractivity (Wildman–Crippen MR) is 84.1 cm³/mol. The van der Waals surface area contributed by atoms with E-state index < -0.39 is 0 Å². The molecule has 1 N–H and O–H groups in total. The van der Waals surface area contributed by atoms with Gasteiger partial charge in [0.15, 0.2) is 11.5 Å². The summed E-state index contributed by atoms with van der Waals surface area (Å²) in [5.41, 5.74) is 1.19. The summed E-state index contributed by atoms with van der Waals surface area (Å²) in [4.78, 5) is 2.49. The SMILES string of the molecule is CCN(Cc1cc(Cl)c2c(c1)OCO2)CC1CCNCC1. The van der Waals surface area contributed by atoms with Gasteiger partial charge < -0.3 is 14.8 Å². The lowest BCUT2D eigenvalue weighted by Crippen LogP contribution is -2.35. The summed E-state index contributed by atoms with van der Waals surface area (Å²) >= 11 is 6.26. The van der Waals surface area contributed by atoms with Crippen molar-refractivity contribution < 1.29 is 9.47 Å². The van der Waals surface area contributed by atoms with Gasteiger partial charge in [-0.2, -0.15) is 0 Å². The molecule has 1 aromatic carbocycles. The van der Waals surface area contributed by atoms with Gasteiger partial charge in [0.1, 0.15) is 0 Å². The molecule has 1 fully saturated rings. The van der Waals surface area contributed by atoms with Gasteiger partial charge in [-0.25, -0.2) is 0 Å². The molecule has 3 rings (SSSR count). The first kappa shape index (κ1) is 14.9. The smallest absolute Gasteiger partial charge is 0.231 e. The van der Waals surface area contributed by atoms with Crippen LogP contribution in [0.2, 0.25) is 5.02 Å². The van der Waals surface area contributed by atoms with E-state index in [1.165, 1.54) is 18.4 Å². The number of piperidine rings is 1. The van der Waals surface area contributed by atoms with Crippen LogP contribution in [0.25, 0.3) is 0 Å². The Morgan fingerprint density at radius 3 is 2.86 bits per heavy atom. The number of hydrogen-bond acceptors (Lipinski definition) is 4. The van der Waals surface area contributed by atoms with Gasteiger partial charge >= 0.3 is 0 Å². The fourth-order valence-corrected chi connectivity index (χ4v) is 3.39. The standard InChI is InChI=1S/C16H23ClN2O2/c1-2-19(9-12-3-5-18-6-4-12)10-13-7-14(17)16-15(8-13)20-11-21-16/h7-8,12,18H,2-6,9-11H2,1H3. The van der Waals surface area contributed by atoms with Crippen molar-refractivity contribution in [3.8, 4) is 11.5 Å². The van der Waals surface area contributed by atoms with Crippen LogP contribution in [0.3, 0.4) is 0 Å². The molecular weight excluding hydrogens is 288 g/mol. The normalized spacial score (nSPS) is 18.4. The average molecular weight is 311 g/mol. The van der Waals surface area contributed by atoms with E-state index in [1.807, 2.05) is 6.07 Å². The van der Waals surface area contributed by atoms with Crippen LogP contribution in [0.4, 0.5) is 0 Å². The van der Waals surface area contributed by atoms with E-state index in [0.717, 1.165) is 44.4 Å². The summed E-state index contributed by atoms with van der Waals surface area (Å²) in [6.07, 6.45) is 2.55. The van der Waals surface area contributed by atoms with E-state index in [0.29, 0.717) is 10.8 Å². The van der Waals surface area contributed by atoms with E-state index in [4.69, 9.17) is 21.1 Å². The van der Waals surface area contributed by atoms with Crippen LogP contribution in [0.15, 0.2) is 12.1 Å². The van der Waals surface area contributed by atoms with Gasteiger partial charge in [-0.15, -0.1) is 0 Å². The molecule has 0 amide bonds. The number of rotatable bonds is 5. The maximum atomic E-state index is 6.26. The number of benzene rings is 1. The van der Waals surface area contributed by atoms with Crippen molar-refractivity contribution in [3.05, 3.63) is 22.7 Å². The van der Waals surface area contributed by atoms with Crippen molar-refractivity contribution >= 4 is 11.6 Å². The van der Waals surface area contributed by atoms with E-state index in [2.05, 4.69) is 23.2 Å². The predicted octanol–water partition coefficient (Wildman–Crippen LogP) is 2.89. The third kappa shape index (κ3) is 3.62. The van der Waals surface area contributed by atoms with Crippen molar-refractivity contribution in [2.24, 2.45) is 5.92 Å². The molecule has 21 heavy (non-hydrogen) atoms. The molecule has 0 aromatic heterocycles. The number of hydrogen-bond donors (Lipinski definition) is 1. The summed E-state index contributed by atoms with van der Waals surface area (Å²) in [5.74, 6) is 2.26. The lowest BCUT2D eigenvalue weighted by Gasteiger charge is -2.29. The van der Waals surface area contributed by atoms with Gasteiger partial charge in [-0.3, -0.25) is 4.90 Å². The molecule has 0 radical (unpaired) electrons. The second-order valence-corrected chi connectivity index (χ2v) is 6.24. The number of halogens is 1. The first-order valence-corrected chi connectivity index (χ1v) is 8.15. The fraction of sp³-hybridized carbons (Fsp3) is 0.625. The zero-order chi connectivity index (χ0) is 14.7. The van der Waals surface area contributed by atoms with Crippen LogP contribution in [-0.4, -0.2) is 37.9 Å². The van der Waals surface area contributed by atoms with Gasteiger partial charge in [0.2, 0.25) is 6.79 Å². The quantitative estimate of drug-likeness (QED) is 0.907. The Morgan fingerprint density at radius 1 is 1.29 bits per heavy atom. The van der Waals surface area contributed by atoms with E-state index >= 15 is 0 Å². The van der Waals surface area contributed by atoms with E-state index in [-0.39, 0.29) is 6.79 Å². The molecule has 2 heterocycles. The highest BCUT2D eigenvalue weighted by atomic mass is 35.5. The summed E-state index contributed by atoms with van der Waals surface area (Å²) < 4.78 is 10.8. The maximum absolute atomic E-state index is 6.26. The van der Waals surface area contributed by atoms with Crippen LogP contribution in [-0.2, 0) is 6.54 Å². The minimum Gasteiger partial charge on any atom is -0.454 e. The van der Waals surface area contributed by atoms with Crippen LogP contribution < -0.4 is 14.8 Å². The summed E-state index contributed by atoms with van der Waals surface area (Å²) in [6, 6.07) is 4.06. The zero-order valence-corrected chi connectivity index (χ0v) is 13.3. The monoisotopic (exact) mass is 310 g/mol. The number of ether oxygens (including phenoxy) is 2. The fourth-order valence-electron chi connectivity index (χ4n) is 3.11. The summed E-state index contributed by atoms with van der Waals surface area (Å²) in [5, 5.41) is 4.08. The Balaban J connectivity index is 1.64. The molecule has 0 aliphatic carbocycles. The van der Waals surface area contributed by atoms with Crippen LogP contribution in [0.1, 0.15) is 25.3 Å². The number of nitrogens with one attached hydrogen (secondary N) is 1. The molecule has 4 nitrogen and oxygen atoms in total. The average Bonchev–Trinajstić information content (AvgIpc) is 2.96. The zero-order valence-electron chi connectivity index (χ0n) is 12.5. The van der Waals surface area contributed by atoms with Gasteiger partial charge in [0.25, 0.3) is 0 Å². The second kappa shape index (κ2) is 6.86. The van der Waals surface area contributed by atoms with Gasteiger partial charge in [0.05, 0.1) is 5.02 Å². The topological polar surface area (TPSA) is 33.7 Å². The Kier molecular flexibility index (Phi) is 4.88. The third-order valence-electron chi connectivity index (χ3n) is 4.32. The Hall–Kier alpha value is -0.970. The molecule has 0 unspecified atom stereocenters. The van der Waals surface area contributed by atoms with Crippen molar-refractivity contribution in [1.82, 2.24) is 10.2 Å². The molecule has 1 saturated heterocycles. The molecule has 2 aliphatic rings. The Morgan fingerprint density at radius 2 is 2.10 bits per heavy atom. The van der Waals surface area contributed by atoms with E-state index in [9.17, 15) is 0 Å². The third-order valence-corrected chi connectivity index (χ3v) is 4.60. The van der Waals surface area contributed by atoms with Crippen molar-refractivity contribution in [2.75, 3.05) is 33.0 Å². The highest BCUT2D eigenvalue weighted by molar-refractivity contribution is 6.32.